The highest BCUT2D eigenvalue weighted by molar-refractivity contribution is 5.69. The van der Waals surface area contributed by atoms with E-state index in [4.69, 9.17) is 9.47 Å². The second-order valence-corrected chi connectivity index (χ2v) is 4.80. The van der Waals surface area contributed by atoms with Gasteiger partial charge < -0.3 is 14.8 Å². The van der Waals surface area contributed by atoms with E-state index in [0.29, 0.717) is 26.2 Å². The van der Waals surface area contributed by atoms with Gasteiger partial charge in [-0.3, -0.25) is 4.79 Å². The lowest BCUT2D eigenvalue weighted by molar-refractivity contribution is -0.143. The van der Waals surface area contributed by atoms with Gasteiger partial charge in [0.25, 0.3) is 0 Å². The van der Waals surface area contributed by atoms with Crippen LogP contribution in [0.3, 0.4) is 0 Å². The van der Waals surface area contributed by atoms with Crippen molar-refractivity contribution in [3.05, 3.63) is 0 Å². The number of carbonyl (C=O) groups is 2. The summed E-state index contributed by atoms with van der Waals surface area (Å²) in [6.07, 6.45) is 6.67. The number of hydrogen-bond acceptors (Lipinski definition) is 4. The Hall–Kier alpha value is -1.26. The lowest BCUT2D eigenvalue weighted by Crippen LogP contribution is -2.25. The zero-order valence-corrected chi connectivity index (χ0v) is 12.9. The average molecular weight is 287 g/mol. The first kappa shape index (κ1) is 18.7. The number of rotatable bonds is 12. The Bertz CT molecular complexity index is 256. The number of amides is 1. The SMILES string of the molecule is CCCCCOC(=O)CCCCCNC(=O)OCCC. The van der Waals surface area contributed by atoms with Gasteiger partial charge in [-0.05, 0) is 25.7 Å². The fourth-order valence-corrected chi connectivity index (χ4v) is 1.62. The molecule has 0 aromatic rings. The molecule has 0 bridgehead atoms. The zero-order chi connectivity index (χ0) is 15.1. The molecule has 0 heterocycles. The summed E-state index contributed by atoms with van der Waals surface area (Å²) in [6, 6.07) is 0. The minimum Gasteiger partial charge on any atom is -0.466 e. The van der Waals surface area contributed by atoms with E-state index in [1.54, 1.807) is 0 Å². The topological polar surface area (TPSA) is 64.6 Å². The molecular weight excluding hydrogens is 258 g/mol. The predicted octanol–water partition coefficient (Wildman–Crippen LogP) is 3.42. The molecule has 5 nitrogen and oxygen atoms in total. The van der Waals surface area contributed by atoms with E-state index in [0.717, 1.165) is 44.9 Å². The van der Waals surface area contributed by atoms with Crippen LogP contribution in [0.25, 0.3) is 0 Å². The van der Waals surface area contributed by atoms with Crippen LogP contribution in [0.4, 0.5) is 4.79 Å². The quantitative estimate of drug-likeness (QED) is 0.441. The number of carbonyl (C=O) groups excluding carboxylic acids is 2. The van der Waals surface area contributed by atoms with Crippen molar-refractivity contribution >= 4 is 12.1 Å². The maximum atomic E-state index is 11.4. The second kappa shape index (κ2) is 14.2. The van der Waals surface area contributed by atoms with Crippen LogP contribution < -0.4 is 5.32 Å². The third-order valence-corrected chi connectivity index (χ3v) is 2.78. The highest BCUT2D eigenvalue weighted by Gasteiger charge is 2.03. The van der Waals surface area contributed by atoms with Gasteiger partial charge >= 0.3 is 12.1 Å². The Balaban J connectivity index is 3.26. The number of nitrogens with one attached hydrogen (secondary N) is 1. The molecule has 0 rings (SSSR count). The van der Waals surface area contributed by atoms with Crippen LogP contribution in [-0.2, 0) is 14.3 Å². The third kappa shape index (κ3) is 13.2. The molecule has 1 amide bonds. The van der Waals surface area contributed by atoms with Gasteiger partial charge in [-0.2, -0.15) is 0 Å². The van der Waals surface area contributed by atoms with E-state index in [2.05, 4.69) is 12.2 Å². The lowest BCUT2D eigenvalue weighted by atomic mass is 10.2. The fraction of sp³-hybridized carbons (Fsp3) is 0.867. The van der Waals surface area contributed by atoms with Gasteiger partial charge in [0.15, 0.2) is 0 Å². The fourth-order valence-electron chi connectivity index (χ4n) is 1.62. The second-order valence-electron chi connectivity index (χ2n) is 4.80. The molecule has 0 aliphatic rings. The Labute approximate surface area is 122 Å². The molecule has 118 valence electrons. The number of ether oxygens (including phenoxy) is 2. The van der Waals surface area contributed by atoms with Gasteiger partial charge in [0.1, 0.15) is 0 Å². The van der Waals surface area contributed by atoms with Gasteiger partial charge in [0.05, 0.1) is 13.2 Å². The van der Waals surface area contributed by atoms with Crippen LogP contribution in [0.5, 0.6) is 0 Å². The molecule has 0 unspecified atom stereocenters. The van der Waals surface area contributed by atoms with Crippen molar-refractivity contribution in [3.8, 4) is 0 Å². The summed E-state index contributed by atoms with van der Waals surface area (Å²) >= 11 is 0. The van der Waals surface area contributed by atoms with Crippen molar-refractivity contribution in [3.63, 3.8) is 0 Å². The van der Waals surface area contributed by atoms with Crippen molar-refractivity contribution in [2.45, 2.75) is 65.2 Å². The molecule has 0 spiro atoms. The maximum absolute atomic E-state index is 11.4. The van der Waals surface area contributed by atoms with E-state index >= 15 is 0 Å². The molecule has 1 N–H and O–H groups in total. The lowest BCUT2D eigenvalue weighted by Gasteiger charge is -2.06. The highest BCUT2D eigenvalue weighted by atomic mass is 16.5. The molecular formula is C15H29NO4. The van der Waals surface area contributed by atoms with Gasteiger partial charge in [0.2, 0.25) is 0 Å². The van der Waals surface area contributed by atoms with Crippen LogP contribution in [0.1, 0.15) is 65.2 Å². The monoisotopic (exact) mass is 287 g/mol. The first-order valence-corrected chi connectivity index (χ1v) is 7.77. The minimum absolute atomic E-state index is 0.114. The molecule has 5 heteroatoms. The van der Waals surface area contributed by atoms with E-state index in [1.165, 1.54) is 0 Å². The summed E-state index contributed by atoms with van der Waals surface area (Å²) in [5.41, 5.74) is 0. The Morgan fingerprint density at radius 3 is 2.35 bits per heavy atom. The first-order chi connectivity index (χ1) is 9.70. The molecule has 0 aromatic carbocycles. The van der Waals surface area contributed by atoms with Crippen LogP contribution in [-0.4, -0.2) is 31.8 Å². The summed E-state index contributed by atoms with van der Waals surface area (Å²) in [4.78, 5) is 22.5. The number of unbranched alkanes of at least 4 members (excludes halogenated alkanes) is 4. The normalized spacial score (nSPS) is 10.1. The Morgan fingerprint density at radius 1 is 0.850 bits per heavy atom. The molecule has 0 aliphatic heterocycles. The average Bonchev–Trinajstić information content (AvgIpc) is 2.45. The molecule has 0 saturated heterocycles. The van der Waals surface area contributed by atoms with Crippen molar-refractivity contribution in [1.29, 1.82) is 0 Å². The van der Waals surface area contributed by atoms with Crippen LogP contribution in [0.2, 0.25) is 0 Å². The van der Waals surface area contributed by atoms with E-state index in [-0.39, 0.29) is 12.1 Å². The highest BCUT2D eigenvalue weighted by Crippen LogP contribution is 2.02. The van der Waals surface area contributed by atoms with E-state index in [1.807, 2.05) is 6.92 Å². The molecule has 20 heavy (non-hydrogen) atoms. The van der Waals surface area contributed by atoms with Crippen LogP contribution in [0, 0.1) is 0 Å². The first-order valence-electron chi connectivity index (χ1n) is 7.77. The summed E-state index contributed by atoms with van der Waals surface area (Å²) in [5, 5.41) is 2.68. The summed E-state index contributed by atoms with van der Waals surface area (Å²) in [5.74, 6) is -0.114. The number of esters is 1. The minimum atomic E-state index is -0.359. The number of alkyl carbamates (subject to hydrolysis) is 1. The molecule has 0 saturated carbocycles. The summed E-state index contributed by atoms with van der Waals surface area (Å²) in [6.45, 7) is 5.66. The standard InChI is InChI=1S/C15H29NO4/c1-3-5-9-13-19-14(17)10-7-6-8-11-16-15(18)20-12-4-2/h3-13H2,1-2H3,(H,16,18). The van der Waals surface area contributed by atoms with Gasteiger partial charge in [-0.25, -0.2) is 4.79 Å². The molecule has 0 radical (unpaired) electrons. The van der Waals surface area contributed by atoms with Crippen molar-refractivity contribution in [2.24, 2.45) is 0 Å². The summed E-state index contributed by atoms with van der Waals surface area (Å²) in [7, 11) is 0. The van der Waals surface area contributed by atoms with Crippen LogP contribution >= 0.6 is 0 Å². The van der Waals surface area contributed by atoms with Crippen LogP contribution in [0.15, 0.2) is 0 Å². The van der Waals surface area contributed by atoms with Gasteiger partial charge in [-0.1, -0.05) is 33.1 Å². The Morgan fingerprint density at radius 2 is 1.65 bits per heavy atom. The maximum Gasteiger partial charge on any atom is 0.407 e. The third-order valence-electron chi connectivity index (χ3n) is 2.78. The smallest absolute Gasteiger partial charge is 0.407 e. The molecule has 0 aromatic heterocycles. The largest absolute Gasteiger partial charge is 0.466 e. The Kier molecular flexibility index (Phi) is 13.3. The van der Waals surface area contributed by atoms with Crippen molar-refractivity contribution in [2.75, 3.05) is 19.8 Å². The zero-order valence-electron chi connectivity index (χ0n) is 12.9. The molecule has 0 aliphatic carbocycles. The molecule has 0 atom stereocenters. The van der Waals surface area contributed by atoms with Gasteiger partial charge in [0, 0.05) is 13.0 Å². The van der Waals surface area contributed by atoms with E-state index < -0.39 is 0 Å². The van der Waals surface area contributed by atoms with E-state index in [9.17, 15) is 9.59 Å². The van der Waals surface area contributed by atoms with Crippen molar-refractivity contribution < 1.29 is 19.1 Å². The summed E-state index contributed by atoms with van der Waals surface area (Å²) < 4.78 is 9.98. The number of hydrogen-bond donors (Lipinski definition) is 1. The van der Waals surface area contributed by atoms with Gasteiger partial charge in [-0.15, -0.1) is 0 Å². The predicted molar refractivity (Wildman–Crippen MR) is 78.6 cm³/mol. The molecule has 0 fully saturated rings. The van der Waals surface area contributed by atoms with Crippen molar-refractivity contribution in [1.82, 2.24) is 5.32 Å².